The zero-order valence-corrected chi connectivity index (χ0v) is 11.4. The molecule has 1 aromatic carbocycles. The number of nitrogens with zero attached hydrogens (tertiary/aromatic N) is 2. The number of ether oxygens (including phenoxy) is 1. The Morgan fingerprint density at radius 3 is 2.71 bits per heavy atom. The topological polar surface area (TPSA) is 36.3 Å². The van der Waals surface area contributed by atoms with Crippen molar-refractivity contribution in [1.29, 1.82) is 5.26 Å². The van der Waals surface area contributed by atoms with Crippen LogP contribution in [0.3, 0.4) is 0 Å². The third kappa shape index (κ3) is 2.80. The summed E-state index contributed by atoms with van der Waals surface area (Å²) in [5.74, 6) is 0. The summed E-state index contributed by atoms with van der Waals surface area (Å²) in [5, 5.41) is 8.84. The van der Waals surface area contributed by atoms with E-state index in [0.29, 0.717) is 11.6 Å². The molecule has 4 heteroatoms. The van der Waals surface area contributed by atoms with E-state index in [1.165, 1.54) is 0 Å². The van der Waals surface area contributed by atoms with Crippen LogP contribution in [-0.2, 0) is 4.74 Å². The number of anilines is 1. The molecule has 1 aromatic rings. The fourth-order valence-corrected chi connectivity index (χ4v) is 2.79. The number of benzene rings is 1. The van der Waals surface area contributed by atoms with Gasteiger partial charge in [0.1, 0.15) is 0 Å². The first-order chi connectivity index (χ1) is 8.22. The van der Waals surface area contributed by atoms with Crippen molar-refractivity contribution in [2.75, 3.05) is 25.2 Å². The van der Waals surface area contributed by atoms with Crippen LogP contribution in [0, 0.1) is 11.3 Å². The molecule has 0 saturated carbocycles. The van der Waals surface area contributed by atoms with Crippen molar-refractivity contribution >= 4 is 21.6 Å². The lowest BCUT2D eigenvalue weighted by atomic mass is 10.1. The van der Waals surface area contributed by atoms with Gasteiger partial charge in [-0.25, -0.2) is 0 Å². The van der Waals surface area contributed by atoms with Gasteiger partial charge in [0, 0.05) is 30.8 Å². The lowest BCUT2D eigenvalue weighted by molar-refractivity contribution is 0.0854. The normalized spacial score (nSPS) is 16.5. The molecule has 0 radical (unpaired) electrons. The fraction of sp³-hybridized carbons (Fsp3) is 0.462. The van der Waals surface area contributed by atoms with E-state index in [4.69, 9.17) is 10.00 Å². The second-order valence-corrected chi connectivity index (χ2v) is 5.09. The van der Waals surface area contributed by atoms with Gasteiger partial charge in [-0.3, -0.25) is 0 Å². The van der Waals surface area contributed by atoms with Gasteiger partial charge in [0.15, 0.2) is 0 Å². The number of hydrogen-bond donors (Lipinski definition) is 0. The second kappa shape index (κ2) is 5.52. The van der Waals surface area contributed by atoms with Gasteiger partial charge >= 0.3 is 0 Å². The van der Waals surface area contributed by atoms with Gasteiger partial charge in [0.25, 0.3) is 0 Å². The Bertz CT molecular complexity index is 436. The van der Waals surface area contributed by atoms with Gasteiger partial charge in [0.05, 0.1) is 17.3 Å². The van der Waals surface area contributed by atoms with Crippen LogP contribution in [-0.4, -0.2) is 26.3 Å². The molecular formula is C13H15BrN2O. The van der Waals surface area contributed by atoms with Crippen LogP contribution in [0.4, 0.5) is 5.69 Å². The molecule has 0 N–H and O–H groups in total. The smallest absolute Gasteiger partial charge is 0.0992 e. The molecule has 1 heterocycles. The molecule has 1 aliphatic heterocycles. The molecule has 1 aliphatic rings. The van der Waals surface area contributed by atoms with Gasteiger partial charge in [0.2, 0.25) is 0 Å². The summed E-state index contributed by atoms with van der Waals surface area (Å²) in [7, 11) is 2.10. The van der Waals surface area contributed by atoms with Crippen LogP contribution in [0.2, 0.25) is 0 Å². The maximum absolute atomic E-state index is 8.84. The summed E-state index contributed by atoms with van der Waals surface area (Å²) < 4.78 is 6.35. The SMILES string of the molecule is CN(c1ccc(C#N)cc1Br)C1CCOCC1. The molecular weight excluding hydrogens is 280 g/mol. The maximum atomic E-state index is 8.84. The number of halogens is 1. The molecule has 17 heavy (non-hydrogen) atoms. The largest absolute Gasteiger partial charge is 0.381 e. The molecule has 0 aliphatic carbocycles. The molecule has 0 spiro atoms. The maximum Gasteiger partial charge on any atom is 0.0992 e. The highest BCUT2D eigenvalue weighted by Gasteiger charge is 2.20. The van der Waals surface area contributed by atoms with Crippen molar-refractivity contribution in [3.05, 3.63) is 28.2 Å². The molecule has 0 unspecified atom stereocenters. The van der Waals surface area contributed by atoms with E-state index in [1.807, 2.05) is 18.2 Å². The Morgan fingerprint density at radius 2 is 2.12 bits per heavy atom. The van der Waals surface area contributed by atoms with Crippen LogP contribution in [0.5, 0.6) is 0 Å². The molecule has 0 atom stereocenters. The van der Waals surface area contributed by atoms with E-state index in [2.05, 4.69) is 33.9 Å². The summed E-state index contributed by atoms with van der Waals surface area (Å²) in [4.78, 5) is 2.27. The quantitative estimate of drug-likeness (QED) is 0.841. The highest BCUT2D eigenvalue weighted by Crippen LogP contribution is 2.29. The summed E-state index contributed by atoms with van der Waals surface area (Å²) in [5.41, 5.74) is 1.82. The van der Waals surface area contributed by atoms with Crippen LogP contribution in [0.1, 0.15) is 18.4 Å². The van der Waals surface area contributed by atoms with Gasteiger partial charge in [-0.1, -0.05) is 0 Å². The molecule has 1 fully saturated rings. The minimum atomic E-state index is 0.521. The van der Waals surface area contributed by atoms with E-state index < -0.39 is 0 Å². The molecule has 90 valence electrons. The van der Waals surface area contributed by atoms with Gasteiger partial charge in [-0.15, -0.1) is 0 Å². The Labute approximate surface area is 110 Å². The molecule has 2 rings (SSSR count). The highest BCUT2D eigenvalue weighted by molar-refractivity contribution is 9.10. The molecule has 0 aromatic heterocycles. The summed E-state index contributed by atoms with van der Waals surface area (Å²) in [6.07, 6.45) is 2.12. The van der Waals surface area contributed by atoms with E-state index in [1.54, 1.807) is 0 Å². The first kappa shape index (κ1) is 12.4. The standard InChI is InChI=1S/C13H15BrN2O/c1-16(11-4-6-17-7-5-11)13-3-2-10(9-15)8-12(13)14/h2-3,8,11H,4-7H2,1H3. The minimum absolute atomic E-state index is 0.521. The number of rotatable bonds is 2. The van der Waals surface area contributed by atoms with Crippen LogP contribution < -0.4 is 4.90 Å². The Morgan fingerprint density at radius 1 is 1.41 bits per heavy atom. The first-order valence-corrected chi connectivity index (χ1v) is 6.52. The van der Waals surface area contributed by atoms with Crippen molar-refractivity contribution in [3.63, 3.8) is 0 Å². The number of hydrogen-bond acceptors (Lipinski definition) is 3. The van der Waals surface area contributed by atoms with E-state index in [0.717, 1.165) is 36.2 Å². The lowest BCUT2D eigenvalue weighted by Crippen LogP contribution is -2.36. The molecule has 1 saturated heterocycles. The monoisotopic (exact) mass is 294 g/mol. The first-order valence-electron chi connectivity index (χ1n) is 5.72. The fourth-order valence-electron chi connectivity index (χ4n) is 2.13. The van der Waals surface area contributed by atoms with Gasteiger partial charge < -0.3 is 9.64 Å². The van der Waals surface area contributed by atoms with E-state index in [-0.39, 0.29) is 0 Å². The third-order valence-electron chi connectivity index (χ3n) is 3.20. The summed E-state index contributed by atoms with van der Waals surface area (Å²) in [6.45, 7) is 1.67. The van der Waals surface area contributed by atoms with Crippen molar-refractivity contribution in [1.82, 2.24) is 0 Å². The van der Waals surface area contributed by atoms with Crippen molar-refractivity contribution in [2.24, 2.45) is 0 Å². The molecule has 3 nitrogen and oxygen atoms in total. The highest BCUT2D eigenvalue weighted by atomic mass is 79.9. The van der Waals surface area contributed by atoms with Crippen LogP contribution in [0.25, 0.3) is 0 Å². The zero-order valence-electron chi connectivity index (χ0n) is 9.82. The van der Waals surface area contributed by atoms with Gasteiger partial charge in [-0.2, -0.15) is 5.26 Å². The Kier molecular flexibility index (Phi) is 4.03. The van der Waals surface area contributed by atoms with Gasteiger partial charge in [-0.05, 0) is 47.0 Å². The zero-order chi connectivity index (χ0) is 12.3. The lowest BCUT2D eigenvalue weighted by Gasteiger charge is -2.33. The van der Waals surface area contributed by atoms with Crippen LogP contribution >= 0.6 is 15.9 Å². The van der Waals surface area contributed by atoms with Crippen molar-refractivity contribution < 1.29 is 4.74 Å². The average molecular weight is 295 g/mol. The molecule has 0 bridgehead atoms. The molecule has 0 amide bonds. The second-order valence-electron chi connectivity index (χ2n) is 4.23. The van der Waals surface area contributed by atoms with E-state index in [9.17, 15) is 0 Å². The van der Waals surface area contributed by atoms with Crippen molar-refractivity contribution in [2.45, 2.75) is 18.9 Å². The summed E-state index contributed by atoms with van der Waals surface area (Å²) in [6, 6.07) is 8.39. The summed E-state index contributed by atoms with van der Waals surface area (Å²) >= 11 is 3.53. The minimum Gasteiger partial charge on any atom is -0.381 e. The Hall–Kier alpha value is -1.05. The predicted molar refractivity (Wildman–Crippen MR) is 71.1 cm³/mol. The number of nitriles is 1. The predicted octanol–water partition coefficient (Wildman–Crippen LogP) is 2.94. The Balaban J connectivity index is 2.18. The third-order valence-corrected chi connectivity index (χ3v) is 3.83. The van der Waals surface area contributed by atoms with E-state index >= 15 is 0 Å². The average Bonchev–Trinajstić information content (AvgIpc) is 2.39. The van der Waals surface area contributed by atoms with Crippen LogP contribution in [0.15, 0.2) is 22.7 Å². The van der Waals surface area contributed by atoms with Crippen molar-refractivity contribution in [3.8, 4) is 6.07 Å².